The van der Waals surface area contributed by atoms with E-state index in [2.05, 4.69) is 15.3 Å². The average molecular weight is 615 g/mol. The number of hydrogen-bond acceptors (Lipinski definition) is 9. The van der Waals surface area contributed by atoms with Crippen LogP contribution < -0.4 is 26.2 Å². The molecule has 1 atom stereocenters. The Kier molecular flexibility index (Phi) is 7.52. The van der Waals surface area contributed by atoms with Crippen molar-refractivity contribution in [3.8, 4) is 11.4 Å². The number of nitrogens with two attached hydrogens (primary N) is 1. The number of fused-ring (bicyclic) bond motifs is 2. The van der Waals surface area contributed by atoms with Crippen molar-refractivity contribution in [3.05, 3.63) is 105 Å². The number of halogens is 2. The van der Waals surface area contributed by atoms with E-state index in [-0.39, 0.29) is 51.8 Å². The van der Waals surface area contributed by atoms with Gasteiger partial charge in [-0.25, -0.2) is 9.37 Å². The summed E-state index contributed by atoms with van der Waals surface area (Å²) in [6.07, 6.45) is 0. The van der Waals surface area contributed by atoms with Gasteiger partial charge in [0.15, 0.2) is 5.82 Å². The number of benzene rings is 3. The minimum absolute atomic E-state index is 0.0451. The Morgan fingerprint density at radius 3 is 2.55 bits per heavy atom. The zero-order chi connectivity index (χ0) is 31.1. The number of carbonyl (C=O) groups excluding carboxylic acids is 1. The summed E-state index contributed by atoms with van der Waals surface area (Å²) < 4.78 is 20.9. The minimum atomic E-state index is -0.720. The first-order chi connectivity index (χ1) is 21.1. The van der Waals surface area contributed by atoms with Crippen LogP contribution in [-0.4, -0.2) is 51.2 Å². The molecule has 3 heterocycles. The fourth-order valence-electron chi connectivity index (χ4n) is 5.28. The number of carbonyl (C=O) groups is 1. The minimum Gasteiger partial charge on any atom is -0.497 e. The topological polar surface area (TPSA) is 132 Å². The van der Waals surface area contributed by atoms with Crippen LogP contribution in [0.2, 0.25) is 5.02 Å². The number of methoxy groups -OCH3 is 1. The lowest BCUT2D eigenvalue weighted by atomic mass is 10.1. The lowest BCUT2D eigenvalue weighted by Gasteiger charge is -2.36. The Bertz CT molecular complexity index is 1970. The van der Waals surface area contributed by atoms with Crippen LogP contribution in [-0.2, 0) is 6.54 Å². The first kappa shape index (κ1) is 28.9. The average Bonchev–Trinajstić information content (AvgIpc) is 2.99. The van der Waals surface area contributed by atoms with Crippen molar-refractivity contribution < 1.29 is 13.9 Å². The first-order valence-corrected chi connectivity index (χ1v) is 14.1. The van der Waals surface area contributed by atoms with E-state index < -0.39 is 17.4 Å². The van der Waals surface area contributed by atoms with Gasteiger partial charge in [-0.2, -0.15) is 9.97 Å². The molecule has 0 fully saturated rings. The van der Waals surface area contributed by atoms with Crippen LogP contribution in [0.15, 0.2) is 71.5 Å². The Hall–Kier alpha value is -5.23. The molecule has 3 aromatic carbocycles. The standard InChI is InChI=1S/C31H28ClFN8O3/c1-17(27-36-23-9-5-8-22(32)24(23)30(43)41(27)20-7-4-6-19(33)14-20)35-26-25-28(38-31(34)37-26)40(16-39(2)29(25)42)15-18-10-12-21(44-3)13-11-18/h4-14,17H,15-16H2,1-3H3,(H3,34,35,37,38)/t17-/m0/s1. The monoisotopic (exact) mass is 614 g/mol. The third-order valence-corrected chi connectivity index (χ3v) is 7.68. The number of rotatable bonds is 7. The number of aromatic nitrogens is 4. The number of nitrogens with one attached hydrogen (secondary N) is 1. The molecule has 2 aromatic heterocycles. The highest BCUT2D eigenvalue weighted by molar-refractivity contribution is 6.35. The summed E-state index contributed by atoms with van der Waals surface area (Å²) in [5.74, 6) is 0.636. The SMILES string of the molecule is COc1ccc(CN2CN(C)C(=O)c3c(N[C@@H](C)c4nc5cccc(Cl)c5c(=O)n4-c4cccc(F)c4)nc(N)nc32)cc1. The Morgan fingerprint density at radius 2 is 1.82 bits per heavy atom. The van der Waals surface area contributed by atoms with Gasteiger partial charge in [-0.1, -0.05) is 35.9 Å². The van der Waals surface area contributed by atoms with Crippen LogP contribution >= 0.6 is 11.6 Å². The van der Waals surface area contributed by atoms with Crippen molar-refractivity contribution in [3.63, 3.8) is 0 Å². The molecule has 3 N–H and O–H groups in total. The normalized spacial score (nSPS) is 13.6. The molecular formula is C31H28ClFN8O3. The molecule has 1 amide bonds. The number of hydrogen-bond donors (Lipinski definition) is 2. The van der Waals surface area contributed by atoms with Gasteiger partial charge in [-0.3, -0.25) is 14.2 Å². The summed E-state index contributed by atoms with van der Waals surface area (Å²) in [6.45, 7) is 2.46. The summed E-state index contributed by atoms with van der Waals surface area (Å²) >= 11 is 6.40. The van der Waals surface area contributed by atoms with Gasteiger partial charge >= 0.3 is 0 Å². The molecule has 0 aliphatic carbocycles. The van der Waals surface area contributed by atoms with Gasteiger partial charge in [0.1, 0.15) is 28.8 Å². The van der Waals surface area contributed by atoms with Gasteiger partial charge < -0.3 is 25.6 Å². The van der Waals surface area contributed by atoms with E-state index in [0.29, 0.717) is 17.9 Å². The van der Waals surface area contributed by atoms with Crippen LogP contribution in [0.4, 0.5) is 22.0 Å². The molecule has 5 aromatic rings. The van der Waals surface area contributed by atoms with Crippen molar-refractivity contribution in [2.75, 3.05) is 36.8 Å². The van der Waals surface area contributed by atoms with Gasteiger partial charge in [-0.05, 0) is 55.0 Å². The predicted molar refractivity (Wildman–Crippen MR) is 167 cm³/mol. The van der Waals surface area contributed by atoms with E-state index in [9.17, 15) is 14.0 Å². The number of nitrogen functional groups attached to an aromatic ring is 1. The summed E-state index contributed by atoms with van der Waals surface area (Å²) in [5, 5.41) is 3.66. The summed E-state index contributed by atoms with van der Waals surface area (Å²) in [7, 11) is 3.29. The van der Waals surface area contributed by atoms with Crippen molar-refractivity contribution in [2.45, 2.75) is 19.5 Å². The molecule has 0 saturated heterocycles. The third kappa shape index (κ3) is 5.24. The number of amides is 1. The van der Waals surface area contributed by atoms with E-state index in [1.807, 2.05) is 29.2 Å². The zero-order valence-electron chi connectivity index (χ0n) is 24.1. The van der Waals surface area contributed by atoms with Crippen LogP contribution in [0.5, 0.6) is 5.75 Å². The summed E-state index contributed by atoms with van der Waals surface area (Å²) in [5.41, 5.74) is 7.51. The van der Waals surface area contributed by atoms with E-state index in [1.54, 1.807) is 50.2 Å². The lowest BCUT2D eigenvalue weighted by Crippen LogP contribution is -2.45. The molecule has 6 rings (SSSR count). The molecule has 11 nitrogen and oxygen atoms in total. The van der Waals surface area contributed by atoms with E-state index in [4.69, 9.17) is 27.1 Å². The third-order valence-electron chi connectivity index (χ3n) is 7.36. The second-order valence-corrected chi connectivity index (χ2v) is 10.8. The maximum atomic E-state index is 14.3. The number of nitrogens with zero attached hydrogens (tertiary/aromatic N) is 6. The van der Waals surface area contributed by atoms with Crippen LogP contribution in [0.25, 0.3) is 16.6 Å². The quantitative estimate of drug-likeness (QED) is 0.266. The van der Waals surface area contributed by atoms with Crippen LogP contribution in [0, 0.1) is 5.82 Å². The lowest BCUT2D eigenvalue weighted by molar-refractivity contribution is 0.0781. The fourth-order valence-corrected chi connectivity index (χ4v) is 5.53. The summed E-state index contributed by atoms with van der Waals surface area (Å²) in [6, 6.07) is 17.5. The Labute approximate surface area is 256 Å². The highest BCUT2D eigenvalue weighted by Crippen LogP contribution is 2.34. The van der Waals surface area contributed by atoms with Gasteiger partial charge in [0.25, 0.3) is 11.5 Å². The van der Waals surface area contributed by atoms with E-state index in [1.165, 1.54) is 22.8 Å². The smallest absolute Gasteiger partial charge is 0.267 e. The molecule has 0 saturated carbocycles. The van der Waals surface area contributed by atoms with Gasteiger partial charge in [-0.15, -0.1) is 0 Å². The van der Waals surface area contributed by atoms with Gasteiger partial charge in [0.05, 0.1) is 41.4 Å². The highest BCUT2D eigenvalue weighted by atomic mass is 35.5. The Balaban J connectivity index is 1.45. The van der Waals surface area contributed by atoms with Crippen molar-refractivity contribution in [2.24, 2.45) is 0 Å². The summed E-state index contributed by atoms with van der Waals surface area (Å²) in [4.78, 5) is 44.4. The molecule has 0 bridgehead atoms. The van der Waals surface area contributed by atoms with Crippen molar-refractivity contribution in [1.82, 2.24) is 24.4 Å². The molecule has 1 aliphatic heterocycles. The van der Waals surface area contributed by atoms with E-state index in [0.717, 1.165) is 11.3 Å². The number of ether oxygens (including phenoxy) is 1. The first-order valence-electron chi connectivity index (χ1n) is 13.7. The molecule has 13 heteroatoms. The largest absolute Gasteiger partial charge is 0.497 e. The maximum absolute atomic E-state index is 14.3. The molecular weight excluding hydrogens is 587 g/mol. The molecule has 0 unspecified atom stereocenters. The second-order valence-electron chi connectivity index (χ2n) is 10.4. The fraction of sp³-hybridized carbons (Fsp3) is 0.194. The highest BCUT2D eigenvalue weighted by Gasteiger charge is 2.33. The van der Waals surface area contributed by atoms with Crippen molar-refractivity contribution >= 4 is 46.0 Å². The van der Waals surface area contributed by atoms with E-state index >= 15 is 0 Å². The van der Waals surface area contributed by atoms with Crippen LogP contribution in [0.3, 0.4) is 0 Å². The van der Waals surface area contributed by atoms with Crippen molar-refractivity contribution in [1.29, 1.82) is 0 Å². The molecule has 0 spiro atoms. The molecule has 0 radical (unpaired) electrons. The molecule has 1 aliphatic rings. The van der Waals surface area contributed by atoms with Gasteiger partial charge in [0.2, 0.25) is 5.95 Å². The molecule has 224 valence electrons. The zero-order valence-corrected chi connectivity index (χ0v) is 24.8. The predicted octanol–water partition coefficient (Wildman–Crippen LogP) is 4.78. The van der Waals surface area contributed by atoms with Crippen LogP contribution in [0.1, 0.15) is 34.7 Å². The maximum Gasteiger partial charge on any atom is 0.267 e. The number of anilines is 3. The molecule has 44 heavy (non-hydrogen) atoms. The second kappa shape index (κ2) is 11.5. The Morgan fingerprint density at radius 1 is 1.07 bits per heavy atom. The van der Waals surface area contributed by atoms with Gasteiger partial charge in [0, 0.05) is 13.6 Å².